The van der Waals surface area contributed by atoms with Crippen LogP contribution in [0.4, 0.5) is 0 Å². The van der Waals surface area contributed by atoms with E-state index in [1.165, 1.54) is 7.11 Å². The van der Waals surface area contributed by atoms with Crippen molar-refractivity contribution in [2.75, 3.05) is 7.11 Å². The molecule has 4 nitrogen and oxygen atoms in total. The van der Waals surface area contributed by atoms with Gasteiger partial charge < -0.3 is 9.47 Å². The van der Waals surface area contributed by atoms with Crippen molar-refractivity contribution in [2.24, 2.45) is 0 Å². The van der Waals surface area contributed by atoms with Crippen LogP contribution in [0.25, 0.3) is 0 Å². The third kappa shape index (κ3) is 5.79. The second-order valence-corrected chi connectivity index (χ2v) is 6.74. The fourth-order valence-electron chi connectivity index (χ4n) is 3.18. The summed E-state index contributed by atoms with van der Waals surface area (Å²) in [5, 5.41) is 0. The molecule has 0 bridgehead atoms. The highest BCUT2D eigenvalue weighted by Crippen LogP contribution is 2.27. The van der Waals surface area contributed by atoms with E-state index in [-0.39, 0.29) is 18.2 Å². The Morgan fingerprint density at radius 3 is 2.24 bits per heavy atom. The first-order chi connectivity index (χ1) is 14.2. The van der Waals surface area contributed by atoms with Crippen LogP contribution < -0.4 is 4.74 Å². The monoisotopic (exact) mass is 388 g/mol. The fraction of sp³-hybridized carbons (Fsp3) is 0.200. The maximum atomic E-state index is 13.3. The van der Waals surface area contributed by atoms with Gasteiger partial charge in [0.25, 0.3) is 0 Å². The molecule has 0 radical (unpaired) electrons. The lowest BCUT2D eigenvalue weighted by atomic mass is 9.87. The van der Waals surface area contributed by atoms with Crippen LogP contribution in [0.1, 0.15) is 40.2 Å². The van der Waals surface area contributed by atoms with E-state index >= 15 is 0 Å². The van der Waals surface area contributed by atoms with Crippen LogP contribution in [0.5, 0.6) is 5.75 Å². The number of carbonyl (C=O) groups is 2. The zero-order valence-corrected chi connectivity index (χ0v) is 16.4. The molecule has 0 unspecified atom stereocenters. The van der Waals surface area contributed by atoms with E-state index in [9.17, 15) is 9.59 Å². The summed E-state index contributed by atoms with van der Waals surface area (Å²) in [7, 11) is 1.36. The van der Waals surface area contributed by atoms with Crippen LogP contribution >= 0.6 is 0 Å². The van der Waals surface area contributed by atoms with Gasteiger partial charge in [0.1, 0.15) is 12.4 Å². The summed E-state index contributed by atoms with van der Waals surface area (Å²) in [5.74, 6) is -0.136. The van der Waals surface area contributed by atoms with Crippen molar-refractivity contribution >= 4 is 11.8 Å². The number of carbonyl (C=O) groups excluding carboxylic acids is 2. The van der Waals surface area contributed by atoms with E-state index in [1.54, 1.807) is 12.1 Å². The fourth-order valence-corrected chi connectivity index (χ4v) is 3.18. The third-order valence-corrected chi connectivity index (χ3v) is 4.75. The van der Waals surface area contributed by atoms with Gasteiger partial charge >= 0.3 is 5.97 Å². The molecule has 4 heteroatoms. The first-order valence-electron chi connectivity index (χ1n) is 9.60. The van der Waals surface area contributed by atoms with Crippen LogP contribution in [-0.4, -0.2) is 18.9 Å². The lowest BCUT2D eigenvalue weighted by Gasteiger charge is -2.16. The Labute approximate surface area is 171 Å². The molecule has 0 aromatic heterocycles. The van der Waals surface area contributed by atoms with Gasteiger partial charge in [-0.2, -0.15) is 0 Å². The van der Waals surface area contributed by atoms with Crippen LogP contribution in [-0.2, 0) is 16.1 Å². The zero-order chi connectivity index (χ0) is 20.5. The number of ketones is 1. The predicted molar refractivity (Wildman–Crippen MR) is 112 cm³/mol. The summed E-state index contributed by atoms with van der Waals surface area (Å²) in [5.41, 5.74) is 2.51. The average molecular weight is 388 g/mol. The lowest BCUT2D eigenvalue weighted by molar-refractivity contribution is -0.140. The third-order valence-electron chi connectivity index (χ3n) is 4.75. The summed E-state index contributed by atoms with van der Waals surface area (Å²) < 4.78 is 10.6. The molecule has 148 valence electrons. The van der Waals surface area contributed by atoms with Gasteiger partial charge in [-0.05, 0) is 29.7 Å². The Morgan fingerprint density at radius 2 is 1.55 bits per heavy atom. The first-order valence-corrected chi connectivity index (χ1v) is 9.60. The molecule has 1 atom stereocenters. The number of esters is 1. The highest BCUT2D eigenvalue weighted by atomic mass is 16.5. The Kier molecular flexibility index (Phi) is 7.17. The topological polar surface area (TPSA) is 52.6 Å². The summed E-state index contributed by atoms with van der Waals surface area (Å²) >= 11 is 0. The maximum absolute atomic E-state index is 13.3. The highest BCUT2D eigenvalue weighted by Gasteiger charge is 2.23. The minimum absolute atomic E-state index is 0.0368. The molecular weight excluding hydrogens is 364 g/mol. The number of methoxy groups -OCH3 is 1. The second-order valence-electron chi connectivity index (χ2n) is 6.74. The van der Waals surface area contributed by atoms with Gasteiger partial charge in [0, 0.05) is 17.9 Å². The summed E-state index contributed by atoms with van der Waals surface area (Å²) in [6.07, 6.45) is 0.580. The Bertz CT molecular complexity index is 935. The number of hydrogen-bond acceptors (Lipinski definition) is 4. The molecule has 3 aromatic carbocycles. The maximum Gasteiger partial charge on any atom is 0.305 e. The van der Waals surface area contributed by atoms with E-state index in [0.717, 1.165) is 11.1 Å². The molecule has 0 spiro atoms. The van der Waals surface area contributed by atoms with Crippen molar-refractivity contribution in [1.29, 1.82) is 0 Å². The van der Waals surface area contributed by atoms with Gasteiger partial charge in [-0.3, -0.25) is 9.59 Å². The summed E-state index contributed by atoms with van der Waals surface area (Å²) in [6, 6.07) is 26.6. The van der Waals surface area contributed by atoms with Crippen LogP contribution in [0.3, 0.4) is 0 Å². The predicted octanol–water partition coefficient (Wildman–Crippen LogP) is 5.19. The normalized spacial score (nSPS) is 11.5. The molecule has 3 aromatic rings. The quantitative estimate of drug-likeness (QED) is 0.374. The molecular formula is C25H24O4. The van der Waals surface area contributed by atoms with E-state index in [2.05, 4.69) is 0 Å². The van der Waals surface area contributed by atoms with Crippen LogP contribution in [0.15, 0.2) is 84.9 Å². The number of Topliss-reactive ketones (excluding diaryl/α,β-unsaturated/α-hetero) is 1. The molecule has 0 aliphatic heterocycles. The minimum atomic E-state index is -0.417. The first kappa shape index (κ1) is 20.3. The molecule has 0 saturated carbocycles. The smallest absolute Gasteiger partial charge is 0.305 e. The molecule has 0 N–H and O–H groups in total. The molecule has 0 fully saturated rings. The van der Waals surface area contributed by atoms with Crippen molar-refractivity contribution in [3.05, 3.63) is 102 Å². The number of ether oxygens (including phenoxy) is 2. The second kappa shape index (κ2) is 10.2. The summed E-state index contributed by atoms with van der Waals surface area (Å²) in [4.78, 5) is 24.9. The molecule has 0 saturated heterocycles. The highest BCUT2D eigenvalue weighted by molar-refractivity contribution is 6.01. The molecule has 29 heavy (non-hydrogen) atoms. The van der Waals surface area contributed by atoms with E-state index in [0.29, 0.717) is 24.3 Å². The van der Waals surface area contributed by atoms with Gasteiger partial charge in [0.15, 0.2) is 5.78 Å². The lowest BCUT2D eigenvalue weighted by Crippen LogP contribution is -2.15. The SMILES string of the molecule is COC(=O)CC[C@H](C(=O)c1cccc(OCc2ccccc2)c1)c1ccccc1. The van der Waals surface area contributed by atoms with Crippen LogP contribution in [0, 0.1) is 0 Å². The molecule has 0 amide bonds. The standard InChI is InChI=1S/C25H24O4/c1-28-24(26)16-15-23(20-11-6-3-7-12-20)25(27)21-13-8-14-22(17-21)29-18-19-9-4-2-5-10-19/h2-14,17,23H,15-16,18H2,1H3/t23-/m0/s1. The number of benzene rings is 3. The zero-order valence-electron chi connectivity index (χ0n) is 16.4. The van der Waals surface area contributed by atoms with Crippen LogP contribution in [0.2, 0.25) is 0 Å². The van der Waals surface area contributed by atoms with Crippen molar-refractivity contribution < 1.29 is 19.1 Å². The van der Waals surface area contributed by atoms with E-state index < -0.39 is 5.92 Å². The molecule has 0 aliphatic carbocycles. The Hall–Kier alpha value is -3.40. The minimum Gasteiger partial charge on any atom is -0.489 e. The number of rotatable bonds is 9. The van der Waals surface area contributed by atoms with Gasteiger partial charge in [-0.25, -0.2) is 0 Å². The molecule has 0 heterocycles. The van der Waals surface area contributed by atoms with Crippen molar-refractivity contribution in [3.8, 4) is 5.75 Å². The van der Waals surface area contributed by atoms with E-state index in [4.69, 9.17) is 9.47 Å². The summed E-state index contributed by atoms with van der Waals surface area (Å²) in [6.45, 7) is 0.433. The van der Waals surface area contributed by atoms with E-state index in [1.807, 2.05) is 72.8 Å². The van der Waals surface area contributed by atoms with Gasteiger partial charge in [0.2, 0.25) is 0 Å². The van der Waals surface area contributed by atoms with Crippen molar-refractivity contribution in [3.63, 3.8) is 0 Å². The number of hydrogen-bond donors (Lipinski definition) is 0. The van der Waals surface area contributed by atoms with Gasteiger partial charge in [-0.15, -0.1) is 0 Å². The average Bonchev–Trinajstić information content (AvgIpc) is 2.79. The largest absolute Gasteiger partial charge is 0.489 e. The molecule has 3 rings (SSSR count). The Balaban J connectivity index is 1.77. The van der Waals surface area contributed by atoms with Gasteiger partial charge in [-0.1, -0.05) is 72.8 Å². The Morgan fingerprint density at radius 1 is 0.862 bits per heavy atom. The van der Waals surface area contributed by atoms with Gasteiger partial charge in [0.05, 0.1) is 7.11 Å². The van der Waals surface area contributed by atoms with Crippen molar-refractivity contribution in [1.82, 2.24) is 0 Å². The van der Waals surface area contributed by atoms with Crippen molar-refractivity contribution in [2.45, 2.75) is 25.4 Å². The molecule has 0 aliphatic rings.